The van der Waals surface area contributed by atoms with Gasteiger partial charge in [-0.3, -0.25) is 14.4 Å². The van der Waals surface area contributed by atoms with Crippen LogP contribution in [0.5, 0.6) is 0 Å². The topological polar surface area (TPSA) is 117 Å². The Balaban J connectivity index is 1.25. The monoisotopic (exact) mass is 455 g/mol. The van der Waals surface area contributed by atoms with Crippen LogP contribution in [0.1, 0.15) is 47.5 Å². The fourth-order valence-electron chi connectivity index (χ4n) is 3.58. The number of aliphatic imine (C=N–C) groups is 1. The number of carbonyl (C=O) groups excluding carboxylic acids is 3. The lowest BCUT2D eigenvalue weighted by Gasteiger charge is -2.27. The molecule has 4 rings (SSSR count). The van der Waals surface area contributed by atoms with Gasteiger partial charge in [-0.2, -0.15) is 4.99 Å². The molecule has 3 heterocycles. The molecule has 32 heavy (non-hydrogen) atoms. The summed E-state index contributed by atoms with van der Waals surface area (Å²) >= 11 is 1.38. The SMILES string of the molecule is Cc1cc(CNC(=O)c2ccc(NC(=O)CC3SC(N4CCCCC4)=NC3=O)cc2)on1. The smallest absolute Gasteiger partial charge is 0.262 e. The third-order valence-electron chi connectivity index (χ3n) is 5.26. The third-order valence-corrected chi connectivity index (χ3v) is 6.47. The summed E-state index contributed by atoms with van der Waals surface area (Å²) in [7, 11) is 0. The van der Waals surface area contributed by atoms with Crippen molar-refractivity contribution in [3.63, 3.8) is 0 Å². The van der Waals surface area contributed by atoms with Crippen molar-refractivity contribution in [1.82, 2.24) is 15.4 Å². The lowest BCUT2D eigenvalue weighted by Crippen LogP contribution is -2.33. The molecule has 0 saturated carbocycles. The molecular formula is C22H25N5O4S. The highest BCUT2D eigenvalue weighted by molar-refractivity contribution is 8.15. The van der Waals surface area contributed by atoms with Gasteiger partial charge in [0.25, 0.3) is 11.8 Å². The number of hydrogen-bond acceptors (Lipinski definition) is 7. The van der Waals surface area contributed by atoms with Gasteiger partial charge in [-0.25, -0.2) is 0 Å². The van der Waals surface area contributed by atoms with Crippen LogP contribution >= 0.6 is 11.8 Å². The summed E-state index contributed by atoms with van der Waals surface area (Å²) in [6.07, 6.45) is 3.47. The van der Waals surface area contributed by atoms with E-state index in [1.165, 1.54) is 18.2 Å². The van der Waals surface area contributed by atoms with Crippen LogP contribution in [-0.2, 0) is 16.1 Å². The Morgan fingerprint density at radius 3 is 2.62 bits per heavy atom. The predicted molar refractivity (Wildman–Crippen MR) is 121 cm³/mol. The van der Waals surface area contributed by atoms with E-state index in [1.54, 1.807) is 30.3 Å². The van der Waals surface area contributed by atoms with Crippen molar-refractivity contribution >= 4 is 40.3 Å². The van der Waals surface area contributed by atoms with Crippen LogP contribution in [0.2, 0.25) is 0 Å². The lowest BCUT2D eigenvalue weighted by molar-refractivity contribution is -0.121. The van der Waals surface area contributed by atoms with Crippen LogP contribution < -0.4 is 10.6 Å². The fourth-order valence-corrected chi connectivity index (χ4v) is 4.70. The van der Waals surface area contributed by atoms with Crippen molar-refractivity contribution < 1.29 is 18.9 Å². The Bertz CT molecular complexity index is 1030. The highest BCUT2D eigenvalue weighted by Crippen LogP contribution is 2.29. The molecule has 3 amide bonds. The first-order chi connectivity index (χ1) is 15.5. The second kappa shape index (κ2) is 9.99. The molecule has 1 atom stereocenters. The van der Waals surface area contributed by atoms with Crippen LogP contribution in [-0.4, -0.2) is 51.3 Å². The Kier molecular flexibility index (Phi) is 6.89. The van der Waals surface area contributed by atoms with Crippen molar-refractivity contribution in [3.05, 3.63) is 47.3 Å². The molecule has 1 unspecified atom stereocenters. The molecule has 0 bridgehead atoms. The summed E-state index contributed by atoms with van der Waals surface area (Å²) in [4.78, 5) is 43.2. The molecule has 1 aromatic carbocycles. The van der Waals surface area contributed by atoms with Gasteiger partial charge in [-0.05, 0) is 50.5 Å². The molecule has 2 N–H and O–H groups in total. The highest BCUT2D eigenvalue weighted by atomic mass is 32.2. The van der Waals surface area contributed by atoms with Gasteiger partial charge in [0, 0.05) is 36.8 Å². The first-order valence-corrected chi connectivity index (χ1v) is 11.5. The van der Waals surface area contributed by atoms with Crippen molar-refractivity contribution in [2.75, 3.05) is 18.4 Å². The average molecular weight is 456 g/mol. The second-order valence-corrected chi connectivity index (χ2v) is 9.00. The number of amides is 3. The molecule has 0 aliphatic carbocycles. The molecule has 10 heteroatoms. The maximum absolute atomic E-state index is 12.4. The summed E-state index contributed by atoms with van der Waals surface area (Å²) < 4.78 is 5.07. The second-order valence-electron chi connectivity index (χ2n) is 7.83. The number of thioether (sulfide) groups is 1. The maximum atomic E-state index is 12.4. The van der Waals surface area contributed by atoms with Gasteiger partial charge in [0.05, 0.1) is 12.2 Å². The average Bonchev–Trinajstić information content (AvgIpc) is 3.38. The molecular weight excluding hydrogens is 430 g/mol. The zero-order valence-corrected chi connectivity index (χ0v) is 18.6. The normalized spacial score (nSPS) is 18.4. The van der Waals surface area contributed by atoms with E-state index in [-0.39, 0.29) is 30.7 Å². The summed E-state index contributed by atoms with van der Waals surface area (Å²) in [5.41, 5.74) is 1.77. The van der Waals surface area contributed by atoms with Gasteiger partial charge < -0.3 is 20.1 Å². The molecule has 0 spiro atoms. The van der Waals surface area contributed by atoms with E-state index in [2.05, 4.69) is 25.7 Å². The number of anilines is 1. The van der Waals surface area contributed by atoms with E-state index in [0.29, 0.717) is 17.0 Å². The zero-order valence-electron chi connectivity index (χ0n) is 17.8. The van der Waals surface area contributed by atoms with Gasteiger partial charge in [0.1, 0.15) is 5.25 Å². The number of amidine groups is 1. The number of aryl methyl sites for hydroxylation is 1. The Labute approximate surface area is 190 Å². The summed E-state index contributed by atoms with van der Waals surface area (Å²) in [5.74, 6) is -0.192. The number of nitrogens with zero attached hydrogens (tertiary/aromatic N) is 3. The Hall–Kier alpha value is -3.14. The lowest BCUT2D eigenvalue weighted by atomic mass is 10.1. The van der Waals surface area contributed by atoms with Crippen LogP contribution in [0.3, 0.4) is 0 Å². The van der Waals surface area contributed by atoms with Crippen molar-refractivity contribution in [1.29, 1.82) is 0 Å². The van der Waals surface area contributed by atoms with Crippen molar-refractivity contribution in [2.45, 2.75) is 44.4 Å². The Morgan fingerprint density at radius 1 is 1.19 bits per heavy atom. The quantitative estimate of drug-likeness (QED) is 0.688. The van der Waals surface area contributed by atoms with Gasteiger partial charge in [0.15, 0.2) is 10.9 Å². The third kappa shape index (κ3) is 5.56. The number of rotatable bonds is 6. The van der Waals surface area contributed by atoms with Crippen LogP contribution in [0.4, 0.5) is 5.69 Å². The predicted octanol–water partition coefficient (Wildman–Crippen LogP) is 2.73. The fraction of sp³-hybridized carbons (Fsp3) is 0.409. The molecule has 1 saturated heterocycles. The maximum Gasteiger partial charge on any atom is 0.262 e. The minimum Gasteiger partial charge on any atom is -0.359 e. The number of likely N-dealkylation sites (tertiary alicyclic amines) is 1. The van der Waals surface area contributed by atoms with E-state index < -0.39 is 5.25 Å². The molecule has 2 aliphatic heterocycles. The summed E-state index contributed by atoms with van der Waals surface area (Å²) in [6, 6.07) is 8.33. The number of carbonyl (C=O) groups is 3. The van der Waals surface area contributed by atoms with Crippen LogP contribution in [0, 0.1) is 6.92 Å². The number of aromatic nitrogens is 1. The molecule has 0 radical (unpaired) electrons. The van der Waals surface area contributed by atoms with E-state index in [0.717, 1.165) is 36.8 Å². The summed E-state index contributed by atoms with van der Waals surface area (Å²) in [5, 5.41) is 9.57. The number of piperidine rings is 1. The number of benzene rings is 1. The molecule has 2 aliphatic rings. The molecule has 2 aromatic rings. The first-order valence-electron chi connectivity index (χ1n) is 10.6. The molecule has 1 aromatic heterocycles. The van der Waals surface area contributed by atoms with Crippen LogP contribution in [0.15, 0.2) is 39.8 Å². The standard InChI is InChI=1S/C22H25N5O4S/c1-14-11-17(31-26-14)13-23-20(29)15-5-7-16(8-6-15)24-19(28)12-18-21(30)25-22(32-18)27-9-3-2-4-10-27/h5-8,11,18H,2-4,9-10,12-13H2,1H3,(H,23,29)(H,24,28). The van der Waals surface area contributed by atoms with E-state index >= 15 is 0 Å². The molecule has 9 nitrogen and oxygen atoms in total. The zero-order chi connectivity index (χ0) is 22.5. The minimum atomic E-state index is -0.489. The van der Waals surface area contributed by atoms with Crippen molar-refractivity contribution in [3.8, 4) is 0 Å². The van der Waals surface area contributed by atoms with E-state index in [4.69, 9.17) is 4.52 Å². The minimum absolute atomic E-state index is 0.0587. The molecule has 168 valence electrons. The first kappa shape index (κ1) is 22.1. The number of nitrogens with one attached hydrogen (secondary N) is 2. The van der Waals surface area contributed by atoms with Gasteiger partial charge in [-0.15, -0.1) is 0 Å². The molecule has 1 fully saturated rings. The van der Waals surface area contributed by atoms with Gasteiger partial charge >= 0.3 is 0 Å². The summed E-state index contributed by atoms with van der Waals surface area (Å²) in [6.45, 7) is 3.88. The van der Waals surface area contributed by atoms with Crippen LogP contribution in [0.25, 0.3) is 0 Å². The Morgan fingerprint density at radius 2 is 1.94 bits per heavy atom. The highest BCUT2D eigenvalue weighted by Gasteiger charge is 2.33. The largest absolute Gasteiger partial charge is 0.359 e. The number of hydrogen-bond donors (Lipinski definition) is 2. The van der Waals surface area contributed by atoms with Gasteiger partial charge in [-0.1, -0.05) is 16.9 Å². The van der Waals surface area contributed by atoms with E-state index in [9.17, 15) is 14.4 Å². The van der Waals surface area contributed by atoms with Gasteiger partial charge in [0.2, 0.25) is 5.91 Å². The van der Waals surface area contributed by atoms with Crippen molar-refractivity contribution in [2.24, 2.45) is 4.99 Å². The van der Waals surface area contributed by atoms with E-state index in [1.807, 2.05) is 6.92 Å².